The maximum atomic E-state index is 12.2. The molecule has 0 bridgehead atoms. The number of hydrogen-bond acceptors (Lipinski definition) is 4. The van der Waals surface area contributed by atoms with Crippen molar-refractivity contribution in [1.29, 1.82) is 0 Å². The van der Waals surface area contributed by atoms with Crippen LogP contribution in [0, 0.1) is 5.92 Å². The van der Waals surface area contributed by atoms with Gasteiger partial charge in [0.15, 0.2) is 5.54 Å². The van der Waals surface area contributed by atoms with E-state index in [1.807, 2.05) is 30.3 Å². The second-order valence-electron chi connectivity index (χ2n) is 4.97. The molecule has 1 atom stereocenters. The van der Waals surface area contributed by atoms with Gasteiger partial charge < -0.3 is 9.47 Å². The zero-order chi connectivity index (χ0) is 13.7. The summed E-state index contributed by atoms with van der Waals surface area (Å²) in [6, 6.07) is 9.56. The minimum Gasteiger partial charge on any atom is -0.467 e. The molecule has 1 aliphatic carbocycles. The summed E-state index contributed by atoms with van der Waals surface area (Å²) < 4.78 is 10.7. The van der Waals surface area contributed by atoms with Gasteiger partial charge in [-0.1, -0.05) is 30.3 Å². The van der Waals surface area contributed by atoms with Crippen molar-refractivity contribution in [3.05, 3.63) is 35.9 Å². The van der Waals surface area contributed by atoms with Crippen molar-refractivity contribution in [3.63, 3.8) is 0 Å². The third kappa shape index (κ3) is 3.14. The molecule has 1 saturated carbocycles. The van der Waals surface area contributed by atoms with Gasteiger partial charge in [-0.2, -0.15) is 0 Å². The predicted octanol–water partition coefficient (Wildman–Crippen LogP) is 1.70. The molecule has 4 nitrogen and oxygen atoms in total. The maximum absolute atomic E-state index is 12.2. The van der Waals surface area contributed by atoms with Crippen LogP contribution in [0.1, 0.15) is 18.4 Å². The minimum absolute atomic E-state index is 0.288. The van der Waals surface area contributed by atoms with Gasteiger partial charge in [-0.05, 0) is 31.4 Å². The van der Waals surface area contributed by atoms with E-state index < -0.39 is 5.54 Å². The predicted molar refractivity (Wildman–Crippen MR) is 72.7 cm³/mol. The van der Waals surface area contributed by atoms with Crippen LogP contribution in [0.5, 0.6) is 0 Å². The van der Waals surface area contributed by atoms with Gasteiger partial charge in [0.2, 0.25) is 0 Å². The Morgan fingerprint density at radius 1 is 1.37 bits per heavy atom. The van der Waals surface area contributed by atoms with Crippen LogP contribution in [-0.4, -0.2) is 33.3 Å². The summed E-state index contributed by atoms with van der Waals surface area (Å²) >= 11 is 0. The first-order valence-corrected chi connectivity index (χ1v) is 6.63. The fourth-order valence-electron chi connectivity index (χ4n) is 2.14. The number of ether oxygens (including phenoxy) is 2. The lowest BCUT2D eigenvalue weighted by molar-refractivity contribution is -0.152. The Kier molecular flexibility index (Phi) is 4.56. The molecule has 1 aromatic rings. The van der Waals surface area contributed by atoms with E-state index in [0.29, 0.717) is 12.5 Å². The van der Waals surface area contributed by atoms with E-state index in [4.69, 9.17) is 9.47 Å². The largest absolute Gasteiger partial charge is 0.467 e. The molecule has 1 aliphatic rings. The van der Waals surface area contributed by atoms with Crippen molar-refractivity contribution in [2.45, 2.75) is 18.4 Å². The lowest BCUT2D eigenvalue weighted by Gasteiger charge is -2.30. The lowest BCUT2D eigenvalue weighted by atomic mass is 9.91. The number of methoxy groups -OCH3 is 1. The number of carbonyl (C=O) groups excluding carboxylic acids is 1. The highest BCUT2D eigenvalue weighted by Crippen LogP contribution is 2.30. The van der Waals surface area contributed by atoms with E-state index in [1.165, 1.54) is 20.0 Å². The first-order valence-electron chi connectivity index (χ1n) is 6.63. The van der Waals surface area contributed by atoms with Crippen LogP contribution in [0.15, 0.2) is 30.3 Å². The van der Waals surface area contributed by atoms with Gasteiger partial charge in [0.1, 0.15) is 0 Å². The van der Waals surface area contributed by atoms with E-state index in [1.54, 1.807) is 7.05 Å². The van der Waals surface area contributed by atoms with Gasteiger partial charge in [-0.3, -0.25) is 5.32 Å². The van der Waals surface area contributed by atoms with E-state index in [0.717, 1.165) is 5.56 Å². The van der Waals surface area contributed by atoms with Crippen LogP contribution in [0.4, 0.5) is 0 Å². The number of carbonyl (C=O) groups is 1. The molecule has 1 N–H and O–H groups in total. The zero-order valence-corrected chi connectivity index (χ0v) is 11.5. The van der Waals surface area contributed by atoms with Gasteiger partial charge in [0, 0.05) is 6.61 Å². The van der Waals surface area contributed by atoms with Crippen LogP contribution in [0.25, 0.3) is 0 Å². The van der Waals surface area contributed by atoms with Crippen molar-refractivity contribution >= 4 is 5.97 Å². The number of likely N-dealkylation sites (N-methyl/N-ethyl adjacent to an activating group) is 1. The molecule has 104 valence electrons. The molecule has 0 heterocycles. The van der Waals surface area contributed by atoms with E-state index in [-0.39, 0.29) is 12.6 Å². The molecule has 0 radical (unpaired) electrons. The Labute approximate surface area is 114 Å². The van der Waals surface area contributed by atoms with Gasteiger partial charge >= 0.3 is 5.97 Å². The molecule has 2 rings (SSSR count). The molecule has 4 heteroatoms. The fourth-order valence-corrected chi connectivity index (χ4v) is 2.14. The molecule has 1 aromatic carbocycles. The summed E-state index contributed by atoms with van der Waals surface area (Å²) in [5.41, 5.74) is -0.0644. The summed E-state index contributed by atoms with van der Waals surface area (Å²) in [5, 5.41) is 3.08. The third-order valence-corrected chi connectivity index (χ3v) is 3.60. The second kappa shape index (κ2) is 6.17. The molecular formula is C15H21NO3. The second-order valence-corrected chi connectivity index (χ2v) is 4.97. The Morgan fingerprint density at radius 3 is 2.58 bits per heavy atom. The first-order chi connectivity index (χ1) is 9.23. The Bertz CT molecular complexity index is 417. The van der Waals surface area contributed by atoms with Crippen molar-refractivity contribution in [2.75, 3.05) is 27.4 Å². The maximum Gasteiger partial charge on any atom is 0.333 e. The topological polar surface area (TPSA) is 47.6 Å². The van der Waals surface area contributed by atoms with E-state index >= 15 is 0 Å². The van der Waals surface area contributed by atoms with Gasteiger partial charge in [-0.15, -0.1) is 0 Å². The number of nitrogens with one attached hydrogen (secondary N) is 1. The SMILES string of the molecule is CNC(COCC1CC1)(C(=O)OC)c1ccccc1. The number of hydrogen-bond donors (Lipinski definition) is 1. The van der Waals surface area contributed by atoms with Gasteiger partial charge in [-0.25, -0.2) is 4.79 Å². The average molecular weight is 263 g/mol. The Hall–Kier alpha value is -1.39. The highest BCUT2D eigenvalue weighted by atomic mass is 16.5. The molecule has 0 spiro atoms. The van der Waals surface area contributed by atoms with Crippen LogP contribution in [0.2, 0.25) is 0 Å². The monoisotopic (exact) mass is 263 g/mol. The van der Waals surface area contributed by atoms with Crippen LogP contribution >= 0.6 is 0 Å². The average Bonchev–Trinajstić information content (AvgIpc) is 3.28. The highest BCUT2D eigenvalue weighted by Gasteiger charge is 2.40. The van der Waals surface area contributed by atoms with Crippen LogP contribution < -0.4 is 5.32 Å². The van der Waals surface area contributed by atoms with Crippen molar-refractivity contribution < 1.29 is 14.3 Å². The molecule has 1 fully saturated rings. The van der Waals surface area contributed by atoms with Gasteiger partial charge in [0.25, 0.3) is 0 Å². The van der Waals surface area contributed by atoms with E-state index in [2.05, 4.69) is 5.32 Å². The van der Waals surface area contributed by atoms with Gasteiger partial charge in [0.05, 0.1) is 13.7 Å². The first kappa shape index (κ1) is 14.0. The Morgan fingerprint density at radius 2 is 2.05 bits per heavy atom. The minimum atomic E-state index is -0.926. The standard InChI is InChI=1S/C15H21NO3/c1-16-15(14(17)18-2,11-19-10-12-8-9-12)13-6-4-3-5-7-13/h3-7,12,16H,8-11H2,1-2H3. The molecule has 0 saturated heterocycles. The number of rotatable bonds is 7. The summed E-state index contributed by atoms with van der Waals surface area (Å²) in [6.45, 7) is 1.00. The Balaban J connectivity index is 2.16. The summed E-state index contributed by atoms with van der Waals surface area (Å²) in [4.78, 5) is 12.2. The molecule has 0 aliphatic heterocycles. The fraction of sp³-hybridized carbons (Fsp3) is 0.533. The molecule has 19 heavy (non-hydrogen) atoms. The van der Waals surface area contributed by atoms with Crippen molar-refractivity contribution in [1.82, 2.24) is 5.32 Å². The smallest absolute Gasteiger partial charge is 0.333 e. The number of benzene rings is 1. The zero-order valence-electron chi connectivity index (χ0n) is 11.5. The van der Waals surface area contributed by atoms with E-state index in [9.17, 15) is 4.79 Å². The van der Waals surface area contributed by atoms with Crippen LogP contribution in [-0.2, 0) is 19.8 Å². The normalized spacial score (nSPS) is 17.8. The quantitative estimate of drug-likeness (QED) is 0.761. The third-order valence-electron chi connectivity index (χ3n) is 3.60. The van der Waals surface area contributed by atoms with Crippen molar-refractivity contribution in [3.8, 4) is 0 Å². The summed E-state index contributed by atoms with van der Waals surface area (Å²) in [7, 11) is 3.16. The molecule has 1 unspecified atom stereocenters. The highest BCUT2D eigenvalue weighted by molar-refractivity contribution is 5.82. The summed E-state index contributed by atoms with van der Waals surface area (Å²) in [5.74, 6) is 0.347. The summed E-state index contributed by atoms with van der Waals surface area (Å²) in [6.07, 6.45) is 2.46. The van der Waals surface area contributed by atoms with Crippen LogP contribution in [0.3, 0.4) is 0 Å². The lowest BCUT2D eigenvalue weighted by Crippen LogP contribution is -2.52. The molecular weight excluding hydrogens is 242 g/mol. The van der Waals surface area contributed by atoms with Crippen molar-refractivity contribution in [2.24, 2.45) is 5.92 Å². The number of esters is 1. The molecule has 0 aromatic heterocycles. The molecule has 0 amide bonds.